The molecule has 0 aliphatic carbocycles. The lowest BCUT2D eigenvalue weighted by Crippen LogP contribution is -2.27. The molecule has 0 atom stereocenters. The van der Waals surface area contributed by atoms with Crippen molar-refractivity contribution < 1.29 is 18.8 Å². The van der Waals surface area contributed by atoms with Gasteiger partial charge in [-0.3, -0.25) is 19.3 Å². The van der Waals surface area contributed by atoms with Crippen LogP contribution < -0.4 is 5.32 Å². The number of aryl methyl sites for hydroxylation is 1. The number of hydrogen-bond acceptors (Lipinski definition) is 7. The Morgan fingerprint density at radius 2 is 1.69 bits per heavy atom. The number of nitrogens with one attached hydrogen (secondary N) is 1. The van der Waals surface area contributed by atoms with Crippen LogP contribution in [0, 0.1) is 6.92 Å². The smallest absolute Gasteiger partial charge is 0.289 e. The molecular weight excluding hydrogens is 464 g/mol. The Bertz CT molecular complexity index is 1400. The van der Waals surface area contributed by atoms with Gasteiger partial charge in [0.1, 0.15) is 0 Å². The van der Waals surface area contributed by atoms with Crippen LogP contribution in [-0.4, -0.2) is 37.9 Å². The highest BCUT2D eigenvalue weighted by Crippen LogP contribution is 2.26. The fourth-order valence-electron chi connectivity index (χ4n) is 3.64. The highest BCUT2D eigenvalue weighted by atomic mass is 32.2. The van der Waals surface area contributed by atoms with Crippen LogP contribution in [0.1, 0.15) is 21.5 Å². The van der Waals surface area contributed by atoms with Crippen molar-refractivity contribution in [3.63, 3.8) is 0 Å². The van der Waals surface area contributed by atoms with Gasteiger partial charge < -0.3 is 9.73 Å². The molecule has 5 rings (SSSR count). The molecule has 9 heteroatoms. The van der Waals surface area contributed by atoms with Gasteiger partial charge in [-0.15, -0.1) is 10.2 Å². The molecule has 1 N–H and O–H groups in total. The SMILES string of the molecule is Cc1ccccc1-c1nnc(-c2ccc(C(=O)Nc3ccc(CN4C(=O)CSC4=O)cc3)cc2)o1. The normalized spacial score (nSPS) is 13.3. The number of hydrogen-bond donors (Lipinski definition) is 1. The Balaban J connectivity index is 1.23. The van der Waals surface area contributed by atoms with E-state index in [0.717, 1.165) is 28.5 Å². The summed E-state index contributed by atoms with van der Waals surface area (Å²) in [7, 11) is 0. The molecule has 174 valence electrons. The number of thioether (sulfide) groups is 1. The predicted octanol–water partition coefficient (Wildman–Crippen LogP) is 5.16. The number of carbonyl (C=O) groups is 3. The maximum absolute atomic E-state index is 12.7. The maximum Gasteiger partial charge on any atom is 0.289 e. The summed E-state index contributed by atoms with van der Waals surface area (Å²) in [6, 6.07) is 21.7. The lowest BCUT2D eigenvalue weighted by molar-refractivity contribution is -0.125. The van der Waals surface area contributed by atoms with E-state index in [-0.39, 0.29) is 29.4 Å². The van der Waals surface area contributed by atoms with Gasteiger partial charge in [0.25, 0.3) is 11.1 Å². The highest BCUT2D eigenvalue weighted by Gasteiger charge is 2.29. The summed E-state index contributed by atoms with van der Waals surface area (Å²) in [4.78, 5) is 37.4. The monoisotopic (exact) mass is 484 g/mol. The molecule has 0 radical (unpaired) electrons. The first kappa shape index (κ1) is 22.5. The lowest BCUT2D eigenvalue weighted by atomic mass is 10.1. The summed E-state index contributed by atoms with van der Waals surface area (Å²) in [6.07, 6.45) is 0. The second-order valence-corrected chi connectivity index (χ2v) is 8.92. The quantitative estimate of drug-likeness (QED) is 0.403. The van der Waals surface area contributed by atoms with E-state index in [1.165, 1.54) is 4.90 Å². The van der Waals surface area contributed by atoms with Crippen molar-refractivity contribution in [1.29, 1.82) is 0 Å². The van der Waals surface area contributed by atoms with Gasteiger partial charge >= 0.3 is 0 Å². The van der Waals surface area contributed by atoms with Crippen LogP contribution in [0.2, 0.25) is 0 Å². The molecule has 0 spiro atoms. The van der Waals surface area contributed by atoms with E-state index >= 15 is 0 Å². The number of benzene rings is 3. The van der Waals surface area contributed by atoms with Crippen LogP contribution in [0.25, 0.3) is 22.9 Å². The van der Waals surface area contributed by atoms with Gasteiger partial charge in [0.05, 0.1) is 12.3 Å². The fourth-order valence-corrected chi connectivity index (χ4v) is 4.36. The second-order valence-electron chi connectivity index (χ2n) is 7.99. The molecule has 1 aliphatic heterocycles. The second kappa shape index (κ2) is 9.55. The van der Waals surface area contributed by atoms with Gasteiger partial charge in [-0.25, -0.2) is 0 Å². The van der Waals surface area contributed by atoms with E-state index in [9.17, 15) is 14.4 Å². The summed E-state index contributed by atoms with van der Waals surface area (Å²) in [6.45, 7) is 2.20. The number of nitrogens with zero attached hydrogens (tertiary/aromatic N) is 3. The van der Waals surface area contributed by atoms with Crippen molar-refractivity contribution in [1.82, 2.24) is 15.1 Å². The summed E-state index contributed by atoms with van der Waals surface area (Å²) in [5.41, 5.74) is 4.52. The van der Waals surface area contributed by atoms with E-state index in [0.29, 0.717) is 28.6 Å². The largest absolute Gasteiger partial charge is 0.416 e. The summed E-state index contributed by atoms with van der Waals surface area (Å²) in [5, 5.41) is 10.9. The molecule has 4 aromatic rings. The van der Waals surface area contributed by atoms with Crippen molar-refractivity contribution in [2.75, 3.05) is 11.1 Å². The molecule has 3 amide bonds. The first-order valence-electron chi connectivity index (χ1n) is 10.9. The van der Waals surface area contributed by atoms with Crippen molar-refractivity contribution in [2.45, 2.75) is 13.5 Å². The minimum absolute atomic E-state index is 0.187. The third-order valence-corrected chi connectivity index (χ3v) is 6.45. The minimum Gasteiger partial charge on any atom is -0.416 e. The maximum atomic E-state index is 12.7. The van der Waals surface area contributed by atoms with E-state index < -0.39 is 0 Å². The van der Waals surface area contributed by atoms with Crippen molar-refractivity contribution in [2.24, 2.45) is 0 Å². The molecule has 0 saturated carbocycles. The Kier molecular flexibility index (Phi) is 6.15. The first-order valence-corrected chi connectivity index (χ1v) is 11.8. The number of aromatic nitrogens is 2. The molecule has 1 aromatic heterocycles. The number of amides is 3. The molecule has 8 nitrogen and oxygen atoms in total. The van der Waals surface area contributed by atoms with E-state index in [1.807, 2.05) is 31.2 Å². The number of carbonyl (C=O) groups excluding carboxylic acids is 3. The first-order chi connectivity index (χ1) is 17.0. The number of rotatable bonds is 6. The van der Waals surface area contributed by atoms with E-state index in [1.54, 1.807) is 48.5 Å². The molecule has 3 aromatic carbocycles. The number of anilines is 1. The third kappa shape index (κ3) is 4.85. The van der Waals surface area contributed by atoms with Crippen LogP contribution in [0.3, 0.4) is 0 Å². The molecule has 1 saturated heterocycles. The molecule has 0 bridgehead atoms. The standard InChI is InChI=1S/C26H20N4O4S/c1-16-4-2-3-5-21(16)25-29-28-24(34-25)19-10-8-18(9-11-19)23(32)27-20-12-6-17(7-13-20)14-30-22(31)15-35-26(30)33/h2-13H,14-15H2,1H3,(H,27,32). The third-order valence-electron chi connectivity index (χ3n) is 5.59. The van der Waals surface area contributed by atoms with Crippen molar-refractivity contribution in [3.8, 4) is 22.9 Å². The van der Waals surface area contributed by atoms with E-state index in [4.69, 9.17) is 4.42 Å². The zero-order chi connectivity index (χ0) is 24.4. The lowest BCUT2D eigenvalue weighted by Gasteiger charge is -2.13. The van der Waals surface area contributed by atoms with Crippen molar-refractivity contribution in [3.05, 3.63) is 89.5 Å². The van der Waals surface area contributed by atoms with Gasteiger partial charge in [-0.1, -0.05) is 42.1 Å². The van der Waals surface area contributed by atoms with Crippen molar-refractivity contribution >= 4 is 34.5 Å². The van der Waals surface area contributed by atoms with Gasteiger partial charge in [-0.2, -0.15) is 0 Å². The van der Waals surface area contributed by atoms with Crippen LogP contribution in [0.5, 0.6) is 0 Å². The Labute approximate surface area is 205 Å². The van der Waals surface area contributed by atoms with Crippen LogP contribution in [-0.2, 0) is 11.3 Å². The molecule has 35 heavy (non-hydrogen) atoms. The van der Waals surface area contributed by atoms with Gasteiger partial charge in [-0.05, 0) is 60.5 Å². The fraction of sp³-hybridized carbons (Fsp3) is 0.115. The zero-order valence-electron chi connectivity index (χ0n) is 18.7. The topological polar surface area (TPSA) is 105 Å². The number of imide groups is 1. The van der Waals surface area contributed by atoms with E-state index in [2.05, 4.69) is 15.5 Å². The Morgan fingerprint density at radius 3 is 2.37 bits per heavy atom. The summed E-state index contributed by atoms with van der Waals surface area (Å²) in [5.74, 6) is 0.552. The highest BCUT2D eigenvalue weighted by molar-refractivity contribution is 8.14. The van der Waals surface area contributed by atoms with Gasteiger partial charge in [0.2, 0.25) is 17.7 Å². The Hall–Kier alpha value is -4.24. The molecule has 2 heterocycles. The zero-order valence-corrected chi connectivity index (χ0v) is 19.5. The molecule has 1 aliphatic rings. The van der Waals surface area contributed by atoms with Crippen LogP contribution >= 0.6 is 11.8 Å². The minimum atomic E-state index is -0.267. The predicted molar refractivity (Wildman–Crippen MR) is 133 cm³/mol. The average Bonchev–Trinajstić information content (AvgIpc) is 3.48. The van der Waals surface area contributed by atoms with Crippen LogP contribution in [0.15, 0.2) is 77.2 Å². The summed E-state index contributed by atoms with van der Waals surface area (Å²) >= 11 is 1.01. The van der Waals surface area contributed by atoms with Gasteiger partial charge in [0.15, 0.2) is 0 Å². The molecular formula is C26H20N4O4S. The Morgan fingerprint density at radius 1 is 0.971 bits per heavy atom. The average molecular weight is 485 g/mol. The summed E-state index contributed by atoms with van der Waals surface area (Å²) < 4.78 is 5.83. The van der Waals surface area contributed by atoms with Gasteiger partial charge in [0, 0.05) is 22.4 Å². The molecule has 1 fully saturated rings. The molecule has 0 unspecified atom stereocenters. The van der Waals surface area contributed by atoms with Crippen LogP contribution in [0.4, 0.5) is 10.5 Å².